The topological polar surface area (TPSA) is 41.6 Å². The zero-order valence-corrected chi connectivity index (χ0v) is 14.1. The molecule has 1 amide bonds. The molecule has 0 aliphatic carbocycles. The molecule has 1 aliphatic rings. The number of carbonyl (C=O) groups excluding carboxylic acids is 1. The van der Waals surface area contributed by atoms with Crippen LogP contribution in [-0.4, -0.2) is 36.8 Å². The highest BCUT2D eigenvalue weighted by Crippen LogP contribution is 2.20. The lowest BCUT2D eigenvalue weighted by Gasteiger charge is -2.16. The van der Waals surface area contributed by atoms with E-state index >= 15 is 0 Å². The summed E-state index contributed by atoms with van der Waals surface area (Å²) in [6.07, 6.45) is -1.47. The Kier molecular flexibility index (Phi) is 6.01. The number of amides is 1. The SMILES string of the molecule is O=C(OCc1ccccc1)N1C[C@H](CNCc2ccccc2)[C@@H](F)C1. The summed E-state index contributed by atoms with van der Waals surface area (Å²) in [7, 11) is 0. The summed E-state index contributed by atoms with van der Waals surface area (Å²) in [5, 5.41) is 3.27. The fraction of sp³-hybridized carbons (Fsp3) is 0.350. The van der Waals surface area contributed by atoms with Crippen molar-refractivity contribution in [3.63, 3.8) is 0 Å². The Morgan fingerprint density at radius 3 is 2.36 bits per heavy atom. The fourth-order valence-electron chi connectivity index (χ4n) is 2.98. The Morgan fingerprint density at radius 1 is 1.04 bits per heavy atom. The Morgan fingerprint density at radius 2 is 1.68 bits per heavy atom. The van der Waals surface area contributed by atoms with Crippen LogP contribution in [0.3, 0.4) is 0 Å². The molecule has 0 spiro atoms. The highest BCUT2D eigenvalue weighted by molar-refractivity contribution is 5.68. The number of ether oxygens (including phenoxy) is 1. The molecule has 0 radical (unpaired) electrons. The molecule has 1 fully saturated rings. The number of hydrogen-bond acceptors (Lipinski definition) is 3. The van der Waals surface area contributed by atoms with Crippen LogP contribution in [0.2, 0.25) is 0 Å². The number of likely N-dealkylation sites (tertiary alicyclic amines) is 1. The summed E-state index contributed by atoms with van der Waals surface area (Å²) in [4.78, 5) is 13.6. The molecule has 5 heteroatoms. The zero-order valence-electron chi connectivity index (χ0n) is 14.1. The second-order valence-electron chi connectivity index (χ2n) is 6.34. The van der Waals surface area contributed by atoms with E-state index in [1.54, 1.807) is 0 Å². The highest BCUT2D eigenvalue weighted by Gasteiger charge is 2.35. The summed E-state index contributed by atoms with van der Waals surface area (Å²) in [6, 6.07) is 19.5. The van der Waals surface area contributed by atoms with Gasteiger partial charge in [0.05, 0.1) is 6.54 Å². The van der Waals surface area contributed by atoms with Crippen LogP contribution in [0.5, 0.6) is 0 Å². The van der Waals surface area contributed by atoms with E-state index in [1.165, 1.54) is 4.90 Å². The van der Waals surface area contributed by atoms with E-state index in [0.717, 1.165) is 11.1 Å². The Labute approximate surface area is 147 Å². The molecule has 2 aromatic carbocycles. The molecule has 0 unspecified atom stereocenters. The van der Waals surface area contributed by atoms with Crippen LogP contribution in [0, 0.1) is 5.92 Å². The summed E-state index contributed by atoms with van der Waals surface area (Å²) < 4.78 is 19.5. The first kappa shape index (κ1) is 17.4. The fourth-order valence-corrected chi connectivity index (χ4v) is 2.98. The van der Waals surface area contributed by atoms with Gasteiger partial charge in [0.25, 0.3) is 0 Å². The molecular weight excluding hydrogens is 319 g/mol. The lowest BCUT2D eigenvalue weighted by molar-refractivity contribution is 0.102. The standard InChI is InChI=1S/C20H23FN2O2/c21-19-14-23(20(24)25-15-17-9-5-2-6-10-17)13-18(19)12-22-11-16-7-3-1-4-8-16/h1-10,18-19,22H,11-15H2/t18-,19-/m0/s1. The smallest absolute Gasteiger partial charge is 0.410 e. The minimum absolute atomic E-state index is 0.102. The summed E-state index contributed by atoms with van der Waals surface area (Å²) in [5.74, 6) is -0.201. The number of nitrogens with one attached hydrogen (secondary N) is 1. The molecule has 2 atom stereocenters. The maximum absolute atomic E-state index is 14.2. The molecule has 1 N–H and O–H groups in total. The van der Waals surface area contributed by atoms with E-state index in [9.17, 15) is 9.18 Å². The minimum atomic E-state index is -1.02. The van der Waals surface area contributed by atoms with Gasteiger partial charge in [0.2, 0.25) is 0 Å². The van der Waals surface area contributed by atoms with Crippen molar-refractivity contribution in [2.24, 2.45) is 5.92 Å². The van der Waals surface area contributed by atoms with E-state index in [2.05, 4.69) is 5.32 Å². The van der Waals surface area contributed by atoms with E-state index in [4.69, 9.17) is 4.74 Å². The lowest BCUT2D eigenvalue weighted by Crippen LogP contribution is -2.31. The van der Waals surface area contributed by atoms with Crippen LogP contribution in [0.25, 0.3) is 0 Å². The number of rotatable bonds is 6. The Balaban J connectivity index is 1.42. The van der Waals surface area contributed by atoms with Gasteiger partial charge in [-0.15, -0.1) is 0 Å². The molecule has 1 saturated heterocycles. The predicted molar refractivity (Wildman–Crippen MR) is 94.7 cm³/mol. The molecule has 132 valence electrons. The number of nitrogens with zero attached hydrogens (tertiary/aromatic N) is 1. The van der Waals surface area contributed by atoms with Crippen molar-refractivity contribution in [2.75, 3.05) is 19.6 Å². The Hall–Kier alpha value is -2.40. The van der Waals surface area contributed by atoms with Gasteiger partial charge in [-0.2, -0.15) is 0 Å². The molecule has 1 heterocycles. The molecule has 25 heavy (non-hydrogen) atoms. The van der Waals surface area contributed by atoms with Gasteiger partial charge in [-0.3, -0.25) is 0 Å². The molecule has 3 rings (SSSR count). The minimum Gasteiger partial charge on any atom is -0.445 e. The first-order chi connectivity index (χ1) is 12.2. The third-order valence-corrected chi connectivity index (χ3v) is 4.40. The molecule has 0 aromatic heterocycles. The third-order valence-electron chi connectivity index (χ3n) is 4.40. The zero-order chi connectivity index (χ0) is 17.5. The second kappa shape index (κ2) is 8.62. The molecule has 0 bridgehead atoms. The van der Waals surface area contributed by atoms with Crippen molar-refractivity contribution in [3.8, 4) is 0 Å². The van der Waals surface area contributed by atoms with Crippen molar-refractivity contribution >= 4 is 6.09 Å². The average Bonchev–Trinajstić information content (AvgIpc) is 3.02. The van der Waals surface area contributed by atoms with Crippen LogP contribution in [-0.2, 0) is 17.9 Å². The molecule has 2 aromatic rings. The van der Waals surface area contributed by atoms with Crippen molar-refractivity contribution in [1.29, 1.82) is 0 Å². The van der Waals surface area contributed by atoms with Gasteiger partial charge in [-0.25, -0.2) is 9.18 Å². The predicted octanol–water partition coefficient (Wildman–Crippen LogP) is 3.38. The number of halogens is 1. The maximum atomic E-state index is 14.2. The van der Waals surface area contributed by atoms with Crippen molar-refractivity contribution in [3.05, 3.63) is 71.8 Å². The monoisotopic (exact) mass is 342 g/mol. The summed E-state index contributed by atoms with van der Waals surface area (Å²) in [5.41, 5.74) is 2.09. The van der Waals surface area contributed by atoms with E-state index in [-0.39, 0.29) is 19.1 Å². The van der Waals surface area contributed by atoms with E-state index in [1.807, 2.05) is 60.7 Å². The van der Waals surface area contributed by atoms with Crippen LogP contribution >= 0.6 is 0 Å². The number of alkyl halides is 1. The number of benzene rings is 2. The largest absolute Gasteiger partial charge is 0.445 e. The van der Waals surface area contributed by atoms with Gasteiger partial charge in [-0.1, -0.05) is 60.7 Å². The average molecular weight is 342 g/mol. The van der Waals surface area contributed by atoms with Crippen LogP contribution in [0.4, 0.5) is 9.18 Å². The van der Waals surface area contributed by atoms with Crippen molar-refractivity contribution < 1.29 is 13.9 Å². The molecule has 1 aliphatic heterocycles. The van der Waals surface area contributed by atoms with Crippen LogP contribution < -0.4 is 5.32 Å². The van der Waals surface area contributed by atoms with Crippen LogP contribution in [0.15, 0.2) is 60.7 Å². The highest BCUT2D eigenvalue weighted by atomic mass is 19.1. The second-order valence-corrected chi connectivity index (χ2v) is 6.34. The quantitative estimate of drug-likeness (QED) is 0.875. The van der Waals surface area contributed by atoms with Gasteiger partial charge in [0, 0.05) is 25.6 Å². The van der Waals surface area contributed by atoms with Crippen molar-refractivity contribution in [2.45, 2.75) is 19.3 Å². The van der Waals surface area contributed by atoms with Crippen LogP contribution in [0.1, 0.15) is 11.1 Å². The molecular formula is C20H23FN2O2. The Bertz CT molecular complexity index is 666. The summed E-state index contributed by atoms with van der Waals surface area (Å²) >= 11 is 0. The van der Waals surface area contributed by atoms with Gasteiger partial charge in [0.15, 0.2) is 0 Å². The first-order valence-electron chi connectivity index (χ1n) is 8.56. The van der Waals surface area contributed by atoms with Gasteiger partial charge in [0.1, 0.15) is 12.8 Å². The van der Waals surface area contributed by atoms with E-state index in [0.29, 0.717) is 19.6 Å². The third kappa shape index (κ3) is 5.03. The maximum Gasteiger partial charge on any atom is 0.410 e. The van der Waals surface area contributed by atoms with Crippen molar-refractivity contribution in [1.82, 2.24) is 10.2 Å². The first-order valence-corrected chi connectivity index (χ1v) is 8.56. The lowest BCUT2D eigenvalue weighted by atomic mass is 10.1. The molecule has 4 nitrogen and oxygen atoms in total. The number of hydrogen-bond donors (Lipinski definition) is 1. The van der Waals surface area contributed by atoms with Gasteiger partial charge >= 0.3 is 6.09 Å². The number of carbonyl (C=O) groups is 1. The molecule has 0 saturated carbocycles. The van der Waals surface area contributed by atoms with Gasteiger partial charge < -0.3 is 15.0 Å². The van der Waals surface area contributed by atoms with Gasteiger partial charge in [-0.05, 0) is 11.1 Å². The summed E-state index contributed by atoms with van der Waals surface area (Å²) in [6.45, 7) is 1.94. The normalized spacial score (nSPS) is 19.8. The van der Waals surface area contributed by atoms with E-state index < -0.39 is 12.3 Å².